The molecule has 90 valence electrons. The first-order valence-corrected chi connectivity index (χ1v) is 5.60. The summed E-state index contributed by atoms with van der Waals surface area (Å²) in [5.74, 6) is 1.48. The first kappa shape index (κ1) is 13.9. The SMILES string of the molecule is C#CCN(CC(=O)O)Cc1cccc(Cl)c1Cl. The highest BCUT2D eigenvalue weighted by atomic mass is 35.5. The Labute approximate surface area is 110 Å². The summed E-state index contributed by atoms with van der Waals surface area (Å²) in [7, 11) is 0. The monoisotopic (exact) mass is 271 g/mol. The third-order valence-corrected chi connectivity index (χ3v) is 2.96. The van der Waals surface area contributed by atoms with Crippen LogP contribution in [0.1, 0.15) is 5.56 Å². The fraction of sp³-hybridized carbons (Fsp3) is 0.250. The number of terminal acetylenes is 1. The van der Waals surface area contributed by atoms with Crippen molar-refractivity contribution in [1.82, 2.24) is 4.90 Å². The molecule has 0 aliphatic carbocycles. The Morgan fingerprint density at radius 2 is 2.18 bits per heavy atom. The second kappa shape index (κ2) is 6.51. The summed E-state index contributed by atoms with van der Waals surface area (Å²) in [5, 5.41) is 9.62. The molecular formula is C12H11Cl2NO2. The zero-order chi connectivity index (χ0) is 12.8. The lowest BCUT2D eigenvalue weighted by molar-refractivity contribution is -0.138. The minimum Gasteiger partial charge on any atom is -0.480 e. The van der Waals surface area contributed by atoms with Gasteiger partial charge in [-0.3, -0.25) is 9.69 Å². The lowest BCUT2D eigenvalue weighted by Crippen LogP contribution is -2.29. The number of aliphatic carboxylic acids is 1. The summed E-state index contributed by atoms with van der Waals surface area (Å²) in [5.41, 5.74) is 0.760. The molecule has 1 N–H and O–H groups in total. The van der Waals surface area contributed by atoms with Crippen LogP contribution in [0.15, 0.2) is 18.2 Å². The summed E-state index contributed by atoms with van der Waals surface area (Å²) in [4.78, 5) is 12.3. The molecule has 1 rings (SSSR count). The molecule has 0 heterocycles. The lowest BCUT2D eigenvalue weighted by atomic mass is 10.2. The second-order valence-electron chi connectivity index (χ2n) is 3.46. The first-order chi connectivity index (χ1) is 8.04. The summed E-state index contributed by atoms with van der Waals surface area (Å²) >= 11 is 11.9. The van der Waals surface area contributed by atoms with E-state index in [1.54, 1.807) is 23.1 Å². The van der Waals surface area contributed by atoms with Crippen LogP contribution in [0.2, 0.25) is 10.0 Å². The Kier molecular flexibility index (Phi) is 5.30. The van der Waals surface area contributed by atoms with Gasteiger partial charge in [-0.2, -0.15) is 0 Å². The van der Waals surface area contributed by atoms with Gasteiger partial charge in [0.2, 0.25) is 0 Å². The van der Waals surface area contributed by atoms with Crippen LogP contribution in [-0.4, -0.2) is 29.1 Å². The highest BCUT2D eigenvalue weighted by molar-refractivity contribution is 6.42. The summed E-state index contributed by atoms with van der Waals surface area (Å²) in [6.45, 7) is 0.470. The molecular weight excluding hydrogens is 261 g/mol. The third kappa shape index (κ3) is 4.27. The zero-order valence-corrected chi connectivity index (χ0v) is 10.5. The van der Waals surface area contributed by atoms with E-state index >= 15 is 0 Å². The van der Waals surface area contributed by atoms with Gasteiger partial charge in [-0.25, -0.2) is 0 Å². The van der Waals surface area contributed by atoms with Crippen LogP contribution in [0.3, 0.4) is 0 Å². The van der Waals surface area contributed by atoms with E-state index in [-0.39, 0.29) is 13.1 Å². The minimum absolute atomic E-state index is 0.132. The van der Waals surface area contributed by atoms with Gasteiger partial charge in [0.25, 0.3) is 0 Å². The fourth-order valence-electron chi connectivity index (χ4n) is 1.40. The molecule has 0 spiro atoms. The van der Waals surface area contributed by atoms with Gasteiger partial charge in [0, 0.05) is 6.54 Å². The molecule has 17 heavy (non-hydrogen) atoms. The molecule has 1 aromatic carbocycles. The van der Waals surface area contributed by atoms with Crippen LogP contribution in [0.4, 0.5) is 0 Å². The normalized spacial score (nSPS) is 10.2. The van der Waals surface area contributed by atoms with Crippen molar-refractivity contribution in [1.29, 1.82) is 0 Å². The van der Waals surface area contributed by atoms with Crippen molar-refractivity contribution in [3.8, 4) is 12.3 Å². The maximum Gasteiger partial charge on any atom is 0.317 e. The smallest absolute Gasteiger partial charge is 0.317 e. The van der Waals surface area contributed by atoms with Gasteiger partial charge in [0.05, 0.1) is 23.1 Å². The van der Waals surface area contributed by atoms with Crippen molar-refractivity contribution in [2.75, 3.05) is 13.1 Å². The molecule has 0 saturated heterocycles. The van der Waals surface area contributed by atoms with E-state index in [4.69, 9.17) is 34.7 Å². The third-order valence-electron chi connectivity index (χ3n) is 2.10. The summed E-state index contributed by atoms with van der Waals surface area (Å²) in [6, 6.07) is 5.23. The van der Waals surface area contributed by atoms with Crippen molar-refractivity contribution >= 4 is 29.2 Å². The van der Waals surface area contributed by atoms with Crippen molar-refractivity contribution < 1.29 is 9.90 Å². The largest absolute Gasteiger partial charge is 0.480 e. The molecule has 0 fully saturated rings. The topological polar surface area (TPSA) is 40.5 Å². The Bertz CT molecular complexity index is 454. The quantitative estimate of drug-likeness (QED) is 0.837. The van der Waals surface area contributed by atoms with E-state index in [2.05, 4.69) is 5.92 Å². The van der Waals surface area contributed by atoms with Gasteiger partial charge in [-0.1, -0.05) is 41.3 Å². The van der Waals surface area contributed by atoms with E-state index in [0.717, 1.165) is 5.56 Å². The molecule has 1 aromatic rings. The molecule has 5 heteroatoms. The van der Waals surface area contributed by atoms with Gasteiger partial charge >= 0.3 is 5.97 Å². The van der Waals surface area contributed by atoms with Crippen molar-refractivity contribution in [3.05, 3.63) is 33.8 Å². The number of hydrogen-bond acceptors (Lipinski definition) is 2. The molecule has 0 atom stereocenters. The van der Waals surface area contributed by atoms with E-state index in [1.807, 2.05) is 0 Å². The average molecular weight is 272 g/mol. The van der Waals surface area contributed by atoms with Crippen molar-refractivity contribution in [2.24, 2.45) is 0 Å². The number of nitrogens with zero attached hydrogens (tertiary/aromatic N) is 1. The van der Waals surface area contributed by atoms with Crippen LogP contribution >= 0.6 is 23.2 Å². The van der Waals surface area contributed by atoms with Crippen LogP contribution in [-0.2, 0) is 11.3 Å². The molecule has 0 aliphatic rings. The maximum absolute atomic E-state index is 10.7. The minimum atomic E-state index is -0.932. The lowest BCUT2D eigenvalue weighted by Gasteiger charge is -2.18. The Morgan fingerprint density at radius 3 is 2.76 bits per heavy atom. The number of carboxylic acids is 1. The Hall–Kier alpha value is -1.21. The standard InChI is InChI=1S/C12H11Cl2NO2/c1-2-6-15(8-11(16)17)7-9-4-3-5-10(13)12(9)14/h1,3-5H,6-8H2,(H,16,17). The van der Waals surface area contributed by atoms with E-state index in [1.165, 1.54) is 0 Å². The van der Waals surface area contributed by atoms with Crippen molar-refractivity contribution in [2.45, 2.75) is 6.54 Å². The molecule has 0 amide bonds. The molecule has 3 nitrogen and oxygen atoms in total. The maximum atomic E-state index is 10.7. The van der Waals surface area contributed by atoms with E-state index < -0.39 is 5.97 Å². The fourth-order valence-corrected chi connectivity index (χ4v) is 1.78. The second-order valence-corrected chi connectivity index (χ2v) is 4.24. The van der Waals surface area contributed by atoms with Gasteiger partial charge in [0.1, 0.15) is 0 Å². The highest BCUT2D eigenvalue weighted by Crippen LogP contribution is 2.26. The molecule has 0 bridgehead atoms. The molecule has 0 saturated carbocycles. The molecule has 0 aromatic heterocycles. The predicted octanol–water partition coefficient (Wildman–Crippen LogP) is 2.51. The molecule has 0 aliphatic heterocycles. The van der Waals surface area contributed by atoms with Crippen molar-refractivity contribution in [3.63, 3.8) is 0 Å². The van der Waals surface area contributed by atoms with Gasteiger partial charge < -0.3 is 5.11 Å². The number of carboxylic acid groups (broad SMARTS) is 1. The van der Waals surface area contributed by atoms with Crippen LogP contribution in [0, 0.1) is 12.3 Å². The predicted molar refractivity (Wildman–Crippen MR) is 68.2 cm³/mol. The Balaban J connectivity index is 2.82. The number of benzene rings is 1. The van der Waals surface area contributed by atoms with Gasteiger partial charge in [0.15, 0.2) is 0 Å². The van der Waals surface area contributed by atoms with Crippen LogP contribution in [0.5, 0.6) is 0 Å². The summed E-state index contributed by atoms with van der Waals surface area (Å²) in [6.07, 6.45) is 5.18. The van der Waals surface area contributed by atoms with E-state index in [9.17, 15) is 4.79 Å². The number of hydrogen-bond donors (Lipinski definition) is 1. The number of halogens is 2. The number of rotatable bonds is 5. The van der Waals surface area contributed by atoms with E-state index in [0.29, 0.717) is 16.6 Å². The van der Waals surface area contributed by atoms with Crippen LogP contribution in [0.25, 0.3) is 0 Å². The zero-order valence-electron chi connectivity index (χ0n) is 8.99. The number of carbonyl (C=O) groups is 1. The average Bonchev–Trinajstić information content (AvgIpc) is 2.24. The highest BCUT2D eigenvalue weighted by Gasteiger charge is 2.12. The summed E-state index contributed by atoms with van der Waals surface area (Å²) < 4.78 is 0. The van der Waals surface area contributed by atoms with Gasteiger partial charge in [-0.15, -0.1) is 6.42 Å². The first-order valence-electron chi connectivity index (χ1n) is 4.85. The molecule has 0 unspecified atom stereocenters. The van der Waals surface area contributed by atoms with Crippen LogP contribution < -0.4 is 0 Å². The van der Waals surface area contributed by atoms with Gasteiger partial charge in [-0.05, 0) is 11.6 Å². The Morgan fingerprint density at radius 1 is 1.47 bits per heavy atom. The molecule has 0 radical (unpaired) electrons.